The van der Waals surface area contributed by atoms with Gasteiger partial charge in [0.05, 0.1) is 0 Å². The van der Waals surface area contributed by atoms with E-state index in [0.717, 1.165) is 11.1 Å². The molecule has 1 rings (SSSR count). The van der Waals surface area contributed by atoms with Crippen LogP contribution in [-0.2, 0) is 4.79 Å². The number of phenols is 1. The van der Waals surface area contributed by atoms with Crippen LogP contribution >= 0.6 is 0 Å². The first-order chi connectivity index (χ1) is 7.49. The average Bonchev–Trinajstić information content (AvgIpc) is 2.22. The molecule has 0 aliphatic carbocycles. The molecule has 1 N–H and O–H groups in total. The predicted octanol–water partition coefficient (Wildman–Crippen LogP) is 3.42. The number of rotatable bonds is 4. The predicted molar refractivity (Wildman–Crippen MR) is 65.7 cm³/mol. The molecule has 0 fully saturated rings. The fourth-order valence-corrected chi connectivity index (χ4v) is 2.16. The van der Waals surface area contributed by atoms with E-state index in [1.807, 2.05) is 39.8 Å². The van der Waals surface area contributed by atoms with Gasteiger partial charge in [-0.15, -0.1) is 0 Å². The van der Waals surface area contributed by atoms with Crippen LogP contribution < -0.4 is 0 Å². The third kappa shape index (κ3) is 2.43. The maximum absolute atomic E-state index is 11.9. The third-order valence-corrected chi connectivity index (χ3v) is 2.97. The molecule has 0 amide bonds. The maximum Gasteiger partial charge on any atom is 0.140 e. The summed E-state index contributed by atoms with van der Waals surface area (Å²) in [6, 6.07) is 5.40. The summed E-state index contributed by atoms with van der Waals surface area (Å²) in [5.74, 6) is 0.450. The lowest BCUT2D eigenvalue weighted by Crippen LogP contribution is -2.18. The van der Waals surface area contributed by atoms with Crippen LogP contribution in [0.25, 0.3) is 0 Å². The summed E-state index contributed by atoms with van der Waals surface area (Å²) >= 11 is 0. The monoisotopic (exact) mass is 220 g/mol. The Morgan fingerprint density at radius 2 is 2.00 bits per heavy atom. The number of Topliss-reactive ketones (excluding diaryl/α,β-unsaturated/α-hetero) is 1. The zero-order valence-corrected chi connectivity index (χ0v) is 10.4. The first kappa shape index (κ1) is 12.8. The third-order valence-electron chi connectivity index (χ3n) is 2.97. The number of carbonyl (C=O) groups excluding carboxylic acids is 1. The normalized spacial score (nSPS) is 12.8. The number of aromatic hydroxyl groups is 1. The number of carbonyl (C=O) groups is 1. The van der Waals surface area contributed by atoms with E-state index >= 15 is 0 Å². The van der Waals surface area contributed by atoms with Gasteiger partial charge in [-0.2, -0.15) is 0 Å². The second-order valence-corrected chi connectivity index (χ2v) is 4.55. The van der Waals surface area contributed by atoms with Crippen molar-refractivity contribution < 1.29 is 9.90 Å². The van der Waals surface area contributed by atoms with Crippen LogP contribution in [0.4, 0.5) is 0 Å². The molecule has 0 aliphatic rings. The molecule has 2 nitrogen and oxygen atoms in total. The van der Waals surface area contributed by atoms with Crippen molar-refractivity contribution in [3.63, 3.8) is 0 Å². The summed E-state index contributed by atoms with van der Waals surface area (Å²) in [7, 11) is 0. The molecular weight excluding hydrogens is 200 g/mol. The quantitative estimate of drug-likeness (QED) is 0.844. The van der Waals surface area contributed by atoms with Gasteiger partial charge in [0.15, 0.2) is 0 Å². The van der Waals surface area contributed by atoms with Gasteiger partial charge < -0.3 is 5.11 Å². The van der Waals surface area contributed by atoms with Crippen molar-refractivity contribution in [3.05, 3.63) is 29.3 Å². The highest BCUT2D eigenvalue weighted by Gasteiger charge is 2.26. The topological polar surface area (TPSA) is 37.3 Å². The lowest BCUT2D eigenvalue weighted by Gasteiger charge is -2.22. The van der Waals surface area contributed by atoms with E-state index in [2.05, 4.69) is 0 Å². The van der Waals surface area contributed by atoms with Gasteiger partial charge in [0.25, 0.3) is 0 Å². The van der Waals surface area contributed by atoms with Gasteiger partial charge in [0.1, 0.15) is 11.5 Å². The largest absolute Gasteiger partial charge is 0.508 e. The molecular formula is C14H20O2. The second kappa shape index (κ2) is 5.15. The summed E-state index contributed by atoms with van der Waals surface area (Å²) in [6.07, 6.45) is 0.511. The summed E-state index contributed by atoms with van der Waals surface area (Å²) in [5.41, 5.74) is 1.78. The summed E-state index contributed by atoms with van der Waals surface area (Å²) in [6.45, 7) is 7.84. The van der Waals surface area contributed by atoms with Crippen LogP contribution in [0.15, 0.2) is 18.2 Å². The molecule has 0 aliphatic heterocycles. The second-order valence-electron chi connectivity index (χ2n) is 4.55. The van der Waals surface area contributed by atoms with E-state index in [4.69, 9.17) is 0 Å². The Hall–Kier alpha value is -1.31. The first-order valence-corrected chi connectivity index (χ1v) is 5.80. The minimum Gasteiger partial charge on any atom is -0.508 e. The van der Waals surface area contributed by atoms with Crippen molar-refractivity contribution in [2.75, 3.05) is 0 Å². The Labute approximate surface area is 97.3 Å². The van der Waals surface area contributed by atoms with E-state index < -0.39 is 0 Å². The minimum absolute atomic E-state index is 0.189. The molecule has 2 heteroatoms. The van der Waals surface area contributed by atoms with Crippen molar-refractivity contribution in [2.24, 2.45) is 5.92 Å². The molecule has 0 aromatic heterocycles. The van der Waals surface area contributed by atoms with Crippen molar-refractivity contribution in [1.82, 2.24) is 0 Å². The summed E-state index contributed by atoms with van der Waals surface area (Å²) in [4.78, 5) is 11.9. The Morgan fingerprint density at radius 3 is 2.44 bits per heavy atom. The lowest BCUT2D eigenvalue weighted by atomic mass is 9.81. The van der Waals surface area contributed by atoms with Crippen molar-refractivity contribution in [1.29, 1.82) is 0 Å². The molecule has 0 radical (unpaired) electrons. The van der Waals surface area contributed by atoms with Gasteiger partial charge in [-0.05, 0) is 24.5 Å². The fourth-order valence-electron chi connectivity index (χ4n) is 2.16. The molecule has 1 atom stereocenters. The van der Waals surface area contributed by atoms with Gasteiger partial charge in [-0.1, -0.05) is 32.9 Å². The van der Waals surface area contributed by atoms with Gasteiger partial charge in [-0.3, -0.25) is 4.79 Å². The van der Waals surface area contributed by atoms with Crippen LogP contribution in [0.5, 0.6) is 5.75 Å². The van der Waals surface area contributed by atoms with E-state index in [1.165, 1.54) is 0 Å². The number of benzene rings is 1. The number of ketones is 1. The van der Waals surface area contributed by atoms with Crippen molar-refractivity contribution >= 4 is 5.78 Å². The molecule has 1 aromatic rings. The molecule has 16 heavy (non-hydrogen) atoms. The van der Waals surface area contributed by atoms with Crippen LogP contribution in [-0.4, -0.2) is 10.9 Å². The van der Waals surface area contributed by atoms with E-state index in [1.54, 1.807) is 6.07 Å². The highest BCUT2D eigenvalue weighted by atomic mass is 16.3. The number of phenolic OH excluding ortho intramolecular Hbond substituents is 1. The Morgan fingerprint density at radius 1 is 1.38 bits per heavy atom. The summed E-state index contributed by atoms with van der Waals surface area (Å²) in [5, 5.41) is 9.90. The number of hydrogen-bond acceptors (Lipinski definition) is 2. The summed E-state index contributed by atoms with van der Waals surface area (Å²) < 4.78 is 0. The Balaban J connectivity index is 3.26. The molecule has 0 bridgehead atoms. The SMILES string of the molecule is CCC(=O)C(c1c(C)cccc1O)C(C)C. The van der Waals surface area contributed by atoms with E-state index in [0.29, 0.717) is 6.42 Å². The smallest absolute Gasteiger partial charge is 0.140 e. The molecule has 1 aromatic carbocycles. The van der Waals surface area contributed by atoms with Crippen LogP contribution in [0, 0.1) is 12.8 Å². The maximum atomic E-state index is 11.9. The van der Waals surface area contributed by atoms with Crippen molar-refractivity contribution in [2.45, 2.75) is 40.0 Å². The molecule has 88 valence electrons. The number of hydrogen-bond donors (Lipinski definition) is 1. The van der Waals surface area contributed by atoms with E-state index in [-0.39, 0.29) is 23.4 Å². The first-order valence-electron chi connectivity index (χ1n) is 5.80. The number of aryl methyl sites for hydroxylation is 1. The molecule has 0 saturated heterocycles. The van der Waals surface area contributed by atoms with Gasteiger partial charge in [0.2, 0.25) is 0 Å². The fraction of sp³-hybridized carbons (Fsp3) is 0.500. The Bertz CT molecular complexity index is 360. The van der Waals surface area contributed by atoms with E-state index in [9.17, 15) is 9.90 Å². The highest BCUT2D eigenvalue weighted by molar-refractivity contribution is 5.86. The van der Waals surface area contributed by atoms with Gasteiger partial charge in [-0.25, -0.2) is 0 Å². The van der Waals surface area contributed by atoms with Crippen LogP contribution in [0.3, 0.4) is 0 Å². The zero-order chi connectivity index (χ0) is 12.3. The molecule has 1 unspecified atom stereocenters. The standard InChI is InChI=1S/C14H20O2/c1-5-11(15)13(9(2)3)14-10(4)7-6-8-12(14)16/h6-9,13,16H,5H2,1-4H3. The molecule has 0 heterocycles. The Kier molecular flexibility index (Phi) is 4.11. The highest BCUT2D eigenvalue weighted by Crippen LogP contribution is 2.35. The lowest BCUT2D eigenvalue weighted by molar-refractivity contribution is -0.121. The average molecular weight is 220 g/mol. The minimum atomic E-state index is -0.189. The van der Waals surface area contributed by atoms with Gasteiger partial charge >= 0.3 is 0 Å². The van der Waals surface area contributed by atoms with Crippen molar-refractivity contribution in [3.8, 4) is 5.75 Å². The van der Waals surface area contributed by atoms with Crippen LogP contribution in [0.1, 0.15) is 44.2 Å². The molecule has 0 saturated carbocycles. The zero-order valence-electron chi connectivity index (χ0n) is 10.4. The van der Waals surface area contributed by atoms with Gasteiger partial charge in [0, 0.05) is 17.9 Å². The molecule has 0 spiro atoms. The van der Waals surface area contributed by atoms with Crippen LogP contribution in [0.2, 0.25) is 0 Å².